The van der Waals surface area contributed by atoms with E-state index in [0.717, 1.165) is 5.69 Å². The number of nitrogens with two attached hydrogens (primary N) is 1. The van der Waals surface area contributed by atoms with Gasteiger partial charge in [0.2, 0.25) is 0 Å². The van der Waals surface area contributed by atoms with E-state index in [-0.39, 0.29) is 28.7 Å². The molecule has 0 radical (unpaired) electrons. The van der Waals surface area contributed by atoms with Crippen LogP contribution in [0.2, 0.25) is 0 Å². The van der Waals surface area contributed by atoms with E-state index in [1.54, 1.807) is 11.7 Å². The minimum Gasteiger partial charge on any atom is -0.393 e. The molecule has 19 heavy (non-hydrogen) atoms. The van der Waals surface area contributed by atoms with Gasteiger partial charge in [-0.15, -0.1) is 0 Å². The second kappa shape index (κ2) is 4.13. The standard InChI is InChI=1S/C12H21N3O3S/c1-8(2)10-9(13)11(16)15(14(10)4)12(3)5-6-19(17,18)7-12/h8H,5-7,13H2,1-4H3. The van der Waals surface area contributed by atoms with Gasteiger partial charge in [0.15, 0.2) is 9.84 Å². The first-order valence-electron chi connectivity index (χ1n) is 6.37. The Hall–Kier alpha value is -1.24. The van der Waals surface area contributed by atoms with Gasteiger partial charge in [0.25, 0.3) is 5.56 Å². The molecular weight excluding hydrogens is 266 g/mol. The lowest BCUT2D eigenvalue weighted by Gasteiger charge is -2.26. The number of aromatic nitrogens is 2. The fourth-order valence-corrected chi connectivity index (χ4v) is 5.20. The van der Waals surface area contributed by atoms with Gasteiger partial charge < -0.3 is 5.73 Å². The smallest absolute Gasteiger partial charge is 0.290 e. The molecule has 1 unspecified atom stereocenters. The SMILES string of the molecule is CC(C)c1c(N)c(=O)n(C2(C)CCS(=O)(=O)C2)n1C. The van der Waals surface area contributed by atoms with Crippen LogP contribution in [0.1, 0.15) is 38.8 Å². The van der Waals surface area contributed by atoms with Gasteiger partial charge in [0.05, 0.1) is 22.7 Å². The second-order valence-corrected chi connectivity index (χ2v) is 8.12. The third kappa shape index (κ3) is 2.09. The Labute approximate surface area is 113 Å². The molecule has 1 aliphatic heterocycles. The normalized spacial score (nSPS) is 26.2. The lowest BCUT2D eigenvalue weighted by atomic mass is 10.0. The summed E-state index contributed by atoms with van der Waals surface area (Å²) in [5.41, 5.74) is 5.89. The van der Waals surface area contributed by atoms with Gasteiger partial charge in [0.1, 0.15) is 5.69 Å². The number of anilines is 1. The summed E-state index contributed by atoms with van der Waals surface area (Å²) in [7, 11) is -1.31. The maximum absolute atomic E-state index is 12.3. The van der Waals surface area contributed by atoms with Crippen molar-refractivity contribution in [3.05, 3.63) is 16.0 Å². The van der Waals surface area contributed by atoms with E-state index in [1.165, 1.54) is 4.68 Å². The topological polar surface area (TPSA) is 87.1 Å². The Morgan fingerprint density at radius 2 is 1.95 bits per heavy atom. The van der Waals surface area contributed by atoms with Crippen LogP contribution in [0.3, 0.4) is 0 Å². The van der Waals surface area contributed by atoms with Gasteiger partial charge in [-0.1, -0.05) is 13.8 Å². The van der Waals surface area contributed by atoms with E-state index in [2.05, 4.69) is 0 Å². The van der Waals surface area contributed by atoms with Crippen LogP contribution in [-0.2, 0) is 22.4 Å². The van der Waals surface area contributed by atoms with Gasteiger partial charge in [-0.25, -0.2) is 13.1 Å². The Morgan fingerprint density at radius 3 is 2.32 bits per heavy atom. The highest BCUT2D eigenvalue weighted by molar-refractivity contribution is 7.91. The summed E-state index contributed by atoms with van der Waals surface area (Å²) >= 11 is 0. The van der Waals surface area contributed by atoms with Gasteiger partial charge in [-0.3, -0.25) is 9.48 Å². The fourth-order valence-electron chi connectivity index (χ4n) is 3.09. The number of nitrogens with zero attached hydrogens (tertiary/aromatic N) is 2. The molecule has 7 heteroatoms. The Bertz CT molecular complexity index is 669. The molecule has 0 aliphatic carbocycles. The monoisotopic (exact) mass is 287 g/mol. The van der Waals surface area contributed by atoms with Gasteiger partial charge in [0, 0.05) is 7.05 Å². The van der Waals surface area contributed by atoms with E-state index in [1.807, 2.05) is 20.8 Å². The minimum atomic E-state index is -3.07. The Kier molecular flexibility index (Phi) is 3.08. The predicted molar refractivity (Wildman–Crippen MR) is 75.1 cm³/mol. The molecule has 2 N–H and O–H groups in total. The Balaban J connectivity index is 2.66. The molecule has 108 valence electrons. The predicted octanol–water partition coefficient (Wildman–Crippen LogP) is 0.426. The average molecular weight is 287 g/mol. The summed E-state index contributed by atoms with van der Waals surface area (Å²) in [6.07, 6.45) is 0.448. The number of sulfone groups is 1. The van der Waals surface area contributed by atoms with Crippen LogP contribution in [-0.4, -0.2) is 29.3 Å². The van der Waals surface area contributed by atoms with Crippen molar-refractivity contribution < 1.29 is 8.42 Å². The highest BCUT2D eigenvalue weighted by atomic mass is 32.2. The number of hydrogen-bond acceptors (Lipinski definition) is 4. The van der Waals surface area contributed by atoms with Crippen molar-refractivity contribution in [2.45, 2.75) is 38.6 Å². The summed E-state index contributed by atoms with van der Waals surface area (Å²) < 4.78 is 26.7. The first kappa shape index (κ1) is 14.2. The highest BCUT2D eigenvalue weighted by Gasteiger charge is 2.43. The molecule has 0 aromatic carbocycles. The molecule has 0 amide bonds. The van der Waals surface area contributed by atoms with Crippen LogP contribution in [0.4, 0.5) is 5.69 Å². The van der Waals surface area contributed by atoms with Crippen molar-refractivity contribution in [2.24, 2.45) is 7.05 Å². The third-order valence-electron chi connectivity index (χ3n) is 3.89. The van der Waals surface area contributed by atoms with Gasteiger partial charge >= 0.3 is 0 Å². The van der Waals surface area contributed by atoms with Crippen LogP contribution in [0.5, 0.6) is 0 Å². The fraction of sp³-hybridized carbons (Fsp3) is 0.750. The molecule has 1 aliphatic rings. The van der Waals surface area contributed by atoms with Crippen LogP contribution in [0, 0.1) is 0 Å². The van der Waals surface area contributed by atoms with Crippen LogP contribution in [0.25, 0.3) is 0 Å². The van der Waals surface area contributed by atoms with E-state index in [9.17, 15) is 13.2 Å². The minimum absolute atomic E-state index is 0.00522. The van der Waals surface area contributed by atoms with Crippen molar-refractivity contribution >= 4 is 15.5 Å². The highest BCUT2D eigenvalue weighted by Crippen LogP contribution is 2.31. The van der Waals surface area contributed by atoms with Crippen molar-refractivity contribution in [1.82, 2.24) is 9.36 Å². The zero-order valence-corrected chi connectivity index (χ0v) is 12.6. The summed E-state index contributed by atoms with van der Waals surface area (Å²) in [5, 5.41) is 0. The molecule has 0 spiro atoms. The number of rotatable bonds is 2. The first-order valence-corrected chi connectivity index (χ1v) is 8.19. The number of nitrogen functional groups attached to an aromatic ring is 1. The van der Waals surface area contributed by atoms with Crippen molar-refractivity contribution in [2.75, 3.05) is 17.2 Å². The quantitative estimate of drug-likeness (QED) is 0.854. The maximum Gasteiger partial charge on any atom is 0.290 e. The molecule has 2 heterocycles. The lowest BCUT2D eigenvalue weighted by Crippen LogP contribution is -2.42. The zero-order chi connectivity index (χ0) is 14.6. The molecule has 1 aromatic rings. The van der Waals surface area contributed by atoms with E-state index < -0.39 is 15.4 Å². The lowest BCUT2D eigenvalue weighted by molar-refractivity contribution is 0.276. The average Bonchev–Trinajstić information content (AvgIpc) is 2.64. The maximum atomic E-state index is 12.3. The molecule has 6 nitrogen and oxygen atoms in total. The molecule has 1 aromatic heterocycles. The van der Waals surface area contributed by atoms with Crippen molar-refractivity contribution in [1.29, 1.82) is 0 Å². The summed E-state index contributed by atoms with van der Waals surface area (Å²) in [6.45, 7) is 5.73. The largest absolute Gasteiger partial charge is 0.393 e. The summed E-state index contributed by atoms with van der Waals surface area (Å²) in [6, 6.07) is 0. The summed E-state index contributed by atoms with van der Waals surface area (Å²) in [4.78, 5) is 12.3. The van der Waals surface area contributed by atoms with Gasteiger partial charge in [-0.2, -0.15) is 0 Å². The van der Waals surface area contributed by atoms with Crippen LogP contribution in [0.15, 0.2) is 4.79 Å². The van der Waals surface area contributed by atoms with Crippen molar-refractivity contribution in [3.63, 3.8) is 0 Å². The first-order chi connectivity index (χ1) is 8.59. The molecule has 0 bridgehead atoms. The molecular formula is C12H21N3O3S. The van der Waals surface area contributed by atoms with E-state index in [0.29, 0.717) is 6.42 Å². The van der Waals surface area contributed by atoms with E-state index >= 15 is 0 Å². The Morgan fingerprint density at radius 1 is 1.37 bits per heavy atom. The van der Waals surface area contributed by atoms with E-state index in [4.69, 9.17) is 5.73 Å². The number of hydrogen-bond donors (Lipinski definition) is 1. The van der Waals surface area contributed by atoms with Crippen LogP contribution >= 0.6 is 0 Å². The molecule has 1 saturated heterocycles. The van der Waals surface area contributed by atoms with Crippen LogP contribution < -0.4 is 11.3 Å². The molecule has 2 rings (SSSR count). The van der Waals surface area contributed by atoms with Crippen molar-refractivity contribution in [3.8, 4) is 0 Å². The van der Waals surface area contributed by atoms with Gasteiger partial charge in [-0.05, 0) is 19.3 Å². The second-order valence-electron chi connectivity index (χ2n) is 5.93. The zero-order valence-electron chi connectivity index (χ0n) is 11.8. The molecule has 0 saturated carbocycles. The summed E-state index contributed by atoms with van der Waals surface area (Å²) in [5.74, 6) is 0.229. The molecule has 1 fully saturated rings. The molecule has 1 atom stereocenters. The third-order valence-corrected chi connectivity index (χ3v) is 5.78.